The van der Waals surface area contributed by atoms with Crippen molar-refractivity contribution in [3.05, 3.63) is 54.2 Å². The van der Waals surface area contributed by atoms with E-state index in [1.165, 1.54) is 5.56 Å². The summed E-state index contributed by atoms with van der Waals surface area (Å²) in [5, 5.41) is 0. The van der Waals surface area contributed by atoms with Crippen LogP contribution in [0.1, 0.15) is 25.3 Å². The van der Waals surface area contributed by atoms with E-state index in [2.05, 4.69) is 26.7 Å². The van der Waals surface area contributed by atoms with Crippen LogP contribution in [0.3, 0.4) is 0 Å². The number of hydrogen-bond donors (Lipinski definition) is 1. The Kier molecular flexibility index (Phi) is 5.98. The number of sulfonamides is 1. The lowest BCUT2D eigenvalue weighted by atomic mass is 10.2. The Bertz CT molecular complexity index is 700. The topological polar surface area (TPSA) is 62.3 Å². The molecule has 0 bridgehead atoms. The van der Waals surface area contributed by atoms with E-state index in [4.69, 9.17) is 0 Å². The van der Waals surface area contributed by atoms with Crippen molar-refractivity contribution >= 4 is 21.5 Å². The zero-order valence-corrected chi connectivity index (χ0v) is 14.4. The van der Waals surface area contributed by atoms with E-state index in [1.54, 1.807) is 12.3 Å². The molecule has 0 fully saturated rings. The van der Waals surface area contributed by atoms with Crippen LogP contribution in [-0.4, -0.2) is 26.2 Å². The fraction of sp³-hybridized carbons (Fsp3) is 0.353. The third kappa shape index (κ3) is 5.56. The number of unbranched alkanes of at least 4 members (excludes halogenated alkanes) is 1. The number of nitrogens with one attached hydrogen (secondary N) is 1. The van der Waals surface area contributed by atoms with Gasteiger partial charge in [0.25, 0.3) is 0 Å². The van der Waals surface area contributed by atoms with Crippen LogP contribution in [-0.2, 0) is 16.6 Å². The molecule has 1 N–H and O–H groups in total. The van der Waals surface area contributed by atoms with Crippen LogP contribution in [0.5, 0.6) is 0 Å². The molecule has 0 atom stereocenters. The largest absolute Gasteiger partial charge is 0.369 e. The molecular formula is C17H23N3O2S. The fourth-order valence-electron chi connectivity index (χ4n) is 2.17. The molecule has 1 heterocycles. The van der Waals surface area contributed by atoms with E-state index in [1.807, 2.05) is 38.2 Å². The van der Waals surface area contributed by atoms with Crippen molar-refractivity contribution in [1.82, 2.24) is 4.98 Å². The van der Waals surface area contributed by atoms with E-state index >= 15 is 0 Å². The average molecular weight is 333 g/mol. The molecule has 0 aliphatic rings. The molecule has 1 aromatic heterocycles. The number of hydrogen-bond acceptors (Lipinski definition) is 4. The lowest BCUT2D eigenvalue weighted by molar-refractivity contribution is 0.597. The summed E-state index contributed by atoms with van der Waals surface area (Å²) in [6.45, 7) is 2.73. The third-order valence-electron chi connectivity index (χ3n) is 3.48. The SMILES string of the molecule is CCCCS(=O)(=O)Nc1ccc(N(C)Cc2ccccc2)cn1. The molecule has 0 saturated carbocycles. The first-order valence-electron chi connectivity index (χ1n) is 7.72. The minimum Gasteiger partial charge on any atom is -0.369 e. The van der Waals surface area contributed by atoms with Gasteiger partial charge in [-0.15, -0.1) is 0 Å². The number of pyridine rings is 1. The highest BCUT2D eigenvalue weighted by Gasteiger charge is 2.10. The van der Waals surface area contributed by atoms with Crippen molar-refractivity contribution in [2.45, 2.75) is 26.3 Å². The summed E-state index contributed by atoms with van der Waals surface area (Å²) >= 11 is 0. The van der Waals surface area contributed by atoms with Crippen LogP contribution >= 0.6 is 0 Å². The smallest absolute Gasteiger partial charge is 0.233 e. The van der Waals surface area contributed by atoms with Gasteiger partial charge in [-0.2, -0.15) is 0 Å². The third-order valence-corrected chi connectivity index (χ3v) is 4.82. The highest BCUT2D eigenvalue weighted by Crippen LogP contribution is 2.17. The van der Waals surface area contributed by atoms with Gasteiger partial charge in [0.2, 0.25) is 10.0 Å². The standard InChI is InChI=1S/C17H23N3O2S/c1-3-4-12-23(21,22)19-17-11-10-16(13-18-17)20(2)14-15-8-6-5-7-9-15/h5-11,13H,3-4,12,14H2,1-2H3,(H,18,19). The first-order valence-corrected chi connectivity index (χ1v) is 9.37. The van der Waals surface area contributed by atoms with Gasteiger partial charge < -0.3 is 4.90 Å². The Balaban J connectivity index is 1.99. The molecule has 0 aliphatic heterocycles. The van der Waals surface area contributed by atoms with Crippen molar-refractivity contribution in [3.63, 3.8) is 0 Å². The molecule has 124 valence electrons. The minimum atomic E-state index is -3.30. The monoisotopic (exact) mass is 333 g/mol. The molecule has 0 aliphatic carbocycles. The van der Waals surface area contributed by atoms with Crippen molar-refractivity contribution in [1.29, 1.82) is 0 Å². The first kappa shape index (κ1) is 17.3. The molecule has 23 heavy (non-hydrogen) atoms. The molecule has 1 aromatic carbocycles. The highest BCUT2D eigenvalue weighted by molar-refractivity contribution is 7.92. The zero-order chi connectivity index (χ0) is 16.7. The molecular weight excluding hydrogens is 310 g/mol. The van der Waals surface area contributed by atoms with Gasteiger partial charge in [-0.1, -0.05) is 43.7 Å². The van der Waals surface area contributed by atoms with Crippen LogP contribution in [0.25, 0.3) is 0 Å². The summed E-state index contributed by atoms with van der Waals surface area (Å²) in [6.07, 6.45) is 3.17. The first-order chi connectivity index (χ1) is 11.0. The van der Waals surface area contributed by atoms with Crippen molar-refractivity contribution < 1.29 is 8.42 Å². The van der Waals surface area contributed by atoms with Crippen LogP contribution in [0.15, 0.2) is 48.7 Å². The van der Waals surface area contributed by atoms with Crippen LogP contribution in [0.4, 0.5) is 11.5 Å². The average Bonchev–Trinajstić information content (AvgIpc) is 2.54. The quantitative estimate of drug-likeness (QED) is 0.805. The predicted molar refractivity (Wildman–Crippen MR) is 95.1 cm³/mol. The van der Waals surface area contributed by atoms with Gasteiger partial charge in [-0.3, -0.25) is 4.72 Å². The van der Waals surface area contributed by atoms with Crippen molar-refractivity contribution in [2.75, 3.05) is 22.4 Å². The second kappa shape index (κ2) is 7.97. The normalized spacial score (nSPS) is 11.2. The number of aromatic nitrogens is 1. The van der Waals surface area contributed by atoms with Crippen molar-refractivity contribution in [2.24, 2.45) is 0 Å². The zero-order valence-electron chi connectivity index (χ0n) is 13.6. The summed E-state index contributed by atoms with van der Waals surface area (Å²) in [7, 11) is -1.32. The Labute approximate surface area is 138 Å². The van der Waals surface area contributed by atoms with E-state index < -0.39 is 10.0 Å². The second-order valence-corrected chi connectivity index (χ2v) is 7.36. The summed E-state index contributed by atoms with van der Waals surface area (Å²) in [5.74, 6) is 0.485. The Morgan fingerprint density at radius 3 is 2.48 bits per heavy atom. The van der Waals surface area contributed by atoms with E-state index in [0.29, 0.717) is 12.2 Å². The number of benzene rings is 1. The van der Waals surface area contributed by atoms with Gasteiger partial charge in [0, 0.05) is 13.6 Å². The van der Waals surface area contributed by atoms with Crippen LogP contribution < -0.4 is 9.62 Å². The van der Waals surface area contributed by atoms with E-state index in [0.717, 1.165) is 18.7 Å². The molecule has 2 aromatic rings. The molecule has 0 radical (unpaired) electrons. The van der Waals surface area contributed by atoms with Crippen molar-refractivity contribution in [3.8, 4) is 0 Å². The second-order valence-electron chi connectivity index (χ2n) is 5.52. The van der Waals surface area contributed by atoms with E-state index in [-0.39, 0.29) is 5.75 Å². The minimum absolute atomic E-state index is 0.126. The molecule has 0 amide bonds. The maximum atomic E-state index is 11.9. The summed E-state index contributed by atoms with van der Waals surface area (Å²) < 4.78 is 26.2. The number of nitrogens with zero attached hydrogens (tertiary/aromatic N) is 2. The van der Waals surface area contributed by atoms with Gasteiger partial charge in [0.1, 0.15) is 5.82 Å². The van der Waals surface area contributed by atoms with Crippen LogP contribution in [0, 0.1) is 0 Å². The van der Waals surface area contributed by atoms with Gasteiger partial charge >= 0.3 is 0 Å². The van der Waals surface area contributed by atoms with Gasteiger partial charge in [-0.25, -0.2) is 13.4 Å². The highest BCUT2D eigenvalue weighted by atomic mass is 32.2. The Morgan fingerprint density at radius 2 is 1.87 bits per heavy atom. The van der Waals surface area contributed by atoms with Gasteiger partial charge in [0.05, 0.1) is 17.6 Å². The van der Waals surface area contributed by atoms with Crippen LogP contribution in [0.2, 0.25) is 0 Å². The molecule has 6 heteroatoms. The fourth-order valence-corrected chi connectivity index (χ4v) is 3.38. The molecule has 5 nitrogen and oxygen atoms in total. The van der Waals surface area contributed by atoms with Gasteiger partial charge in [0.15, 0.2) is 0 Å². The molecule has 0 saturated heterocycles. The molecule has 0 unspecified atom stereocenters. The maximum Gasteiger partial charge on any atom is 0.233 e. The van der Waals surface area contributed by atoms with E-state index in [9.17, 15) is 8.42 Å². The molecule has 2 rings (SSSR count). The number of anilines is 2. The van der Waals surface area contributed by atoms with Gasteiger partial charge in [-0.05, 0) is 24.1 Å². The summed E-state index contributed by atoms with van der Waals surface area (Å²) in [6, 6.07) is 13.7. The summed E-state index contributed by atoms with van der Waals surface area (Å²) in [4.78, 5) is 6.27. The molecule has 0 spiro atoms. The lowest BCUT2D eigenvalue weighted by Crippen LogP contribution is -2.18. The number of rotatable bonds is 8. The predicted octanol–water partition coefficient (Wildman–Crippen LogP) is 3.26. The summed E-state index contributed by atoms with van der Waals surface area (Å²) in [5.41, 5.74) is 2.14. The lowest BCUT2D eigenvalue weighted by Gasteiger charge is -2.19. The maximum absolute atomic E-state index is 11.9. The Hall–Kier alpha value is -2.08. The Morgan fingerprint density at radius 1 is 1.13 bits per heavy atom.